The zero-order chi connectivity index (χ0) is 20.5. The summed E-state index contributed by atoms with van der Waals surface area (Å²) in [6.45, 7) is 10.7. The van der Waals surface area contributed by atoms with Crippen molar-refractivity contribution in [2.75, 3.05) is 11.3 Å². The molecule has 0 amide bonds. The summed E-state index contributed by atoms with van der Waals surface area (Å²) in [5, 5.41) is 0. The number of hydrogen-bond acceptors (Lipinski definition) is 4. The molecule has 1 aliphatic heterocycles. The normalized spacial score (nSPS) is 17.2. The van der Waals surface area contributed by atoms with E-state index in [1.54, 1.807) is 12.1 Å². The van der Waals surface area contributed by atoms with Crippen molar-refractivity contribution in [2.24, 2.45) is 10.4 Å². The predicted molar refractivity (Wildman–Crippen MR) is 114 cm³/mol. The highest BCUT2D eigenvalue weighted by atomic mass is 32.2. The Labute approximate surface area is 167 Å². The fourth-order valence-electron chi connectivity index (χ4n) is 3.19. The molecule has 0 spiro atoms. The molecule has 0 fully saturated rings. The first-order chi connectivity index (χ1) is 13.1. The fourth-order valence-corrected chi connectivity index (χ4v) is 4.61. The van der Waals surface area contributed by atoms with Crippen LogP contribution < -0.4 is 4.72 Å². The van der Waals surface area contributed by atoms with Crippen LogP contribution in [0.3, 0.4) is 0 Å². The van der Waals surface area contributed by atoms with Gasteiger partial charge in [-0.2, -0.15) is 0 Å². The van der Waals surface area contributed by atoms with Crippen LogP contribution in [0.5, 0.6) is 0 Å². The van der Waals surface area contributed by atoms with Gasteiger partial charge < -0.3 is 4.74 Å². The van der Waals surface area contributed by atoms with E-state index in [0.717, 1.165) is 16.7 Å². The number of anilines is 1. The second-order valence-electron chi connectivity index (χ2n) is 8.40. The first-order valence-electron chi connectivity index (χ1n) is 9.42. The maximum Gasteiger partial charge on any atom is 0.236 e. The lowest BCUT2D eigenvalue weighted by Gasteiger charge is -2.21. The fraction of sp³-hybridized carbons (Fsp3) is 0.409. The van der Waals surface area contributed by atoms with Gasteiger partial charge in [-0.25, -0.2) is 13.4 Å². The minimum atomic E-state index is -3.59. The van der Waals surface area contributed by atoms with Gasteiger partial charge in [-0.3, -0.25) is 4.72 Å². The van der Waals surface area contributed by atoms with Crippen molar-refractivity contribution in [3.05, 3.63) is 64.7 Å². The molecule has 0 aromatic heterocycles. The van der Waals surface area contributed by atoms with Crippen LogP contribution in [-0.4, -0.2) is 27.0 Å². The molecule has 0 saturated heterocycles. The average Bonchev–Trinajstić information content (AvgIpc) is 3.09. The van der Waals surface area contributed by atoms with E-state index >= 15 is 0 Å². The number of benzene rings is 2. The minimum absolute atomic E-state index is 0.0153. The molecule has 0 radical (unpaired) electrons. The lowest BCUT2D eigenvalue weighted by molar-refractivity contribution is 0.236. The Hall–Kier alpha value is -2.34. The number of nitrogens with zero attached hydrogens (tertiary/aromatic N) is 1. The van der Waals surface area contributed by atoms with Crippen molar-refractivity contribution in [1.29, 1.82) is 0 Å². The Balaban J connectivity index is 1.88. The second-order valence-corrected chi connectivity index (χ2v) is 10.1. The van der Waals surface area contributed by atoms with Crippen LogP contribution >= 0.6 is 0 Å². The Morgan fingerprint density at radius 1 is 1.07 bits per heavy atom. The third kappa shape index (κ3) is 4.55. The summed E-state index contributed by atoms with van der Waals surface area (Å²) in [6.07, 6.45) is 0. The first-order valence-corrected chi connectivity index (χ1v) is 11.1. The average molecular weight is 401 g/mol. The third-order valence-electron chi connectivity index (χ3n) is 5.05. The SMILES string of the molecule is Cc1cccc(C)c1CS(=O)(=O)Nc1ccccc1C1=N[C@@H](C(C)(C)C)CO1. The molecule has 0 unspecified atom stereocenters. The van der Waals surface area contributed by atoms with E-state index in [2.05, 4.69) is 25.5 Å². The zero-order valence-corrected chi connectivity index (χ0v) is 17.9. The quantitative estimate of drug-likeness (QED) is 0.807. The minimum Gasteiger partial charge on any atom is -0.475 e. The maximum absolute atomic E-state index is 12.9. The van der Waals surface area contributed by atoms with Crippen molar-refractivity contribution in [3.8, 4) is 0 Å². The molecule has 0 aliphatic carbocycles. The number of aryl methyl sites for hydroxylation is 2. The summed E-state index contributed by atoms with van der Waals surface area (Å²) in [5.74, 6) is 0.419. The molecule has 3 rings (SSSR count). The van der Waals surface area contributed by atoms with Crippen LogP contribution in [0.4, 0.5) is 5.69 Å². The van der Waals surface area contributed by atoms with Gasteiger partial charge in [-0.15, -0.1) is 0 Å². The largest absolute Gasteiger partial charge is 0.475 e. The Kier molecular flexibility index (Phi) is 5.53. The van der Waals surface area contributed by atoms with Crippen molar-refractivity contribution in [3.63, 3.8) is 0 Å². The van der Waals surface area contributed by atoms with E-state index < -0.39 is 10.0 Å². The van der Waals surface area contributed by atoms with Gasteiger partial charge in [0.25, 0.3) is 0 Å². The number of sulfonamides is 1. The van der Waals surface area contributed by atoms with E-state index in [4.69, 9.17) is 9.73 Å². The molecule has 1 heterocycles. The van der Waals surface area contributed by atoms with Gasteiger partial charge in [0, 0.05) is 0 Å². The standard InChI is InChI=1S/C22H28N2O3S/c1-15-9-8-10-16(2)18(15)14-28(25,26)24-19-12-7-6-11-17(19)21-23-20(13-27-21)22(3,4)5/h6-12,20,24H,13-14H2,1-5H3/t20-/m1/s1. The Morgan fingerprint density at radius 3 is 2.32 bits per heavy atom. The smallest absolute Gasteiger partial charge is 0.236 e. The highest BCUT2D eigenvalue weighted by Crippen LogP contribution is 2.29. The monoisotopic (exact) mass is 400 g/mol. The van der Waals surface area contributed by atoms with Gasteiger partial charge in [0.15, 0.2) is 0 Å². The van der Waals surface area contributed by atoms with Crippen LogP contribution in [0.15, 0.2) is 47.5 Å². The van der Waals surface area contributed by atoms with E-state index in [0.29, 0.717) is 23.8 Å². The Morgan fingerprint density at radius 2 is 1.71 bits per heavy atom. The molecule has 2 aromatic carbocycles. The van der Waals surface area contributed by atoms with Crippen molar-refractivity contribution in [1.82, 2.24) is 0 Å². The van der Waals surface area contributed by atoms with Crippen molar-refractivity contribution < 1.29 is 13.2 Å². The third-order valence-corrected chi connectivity index (χ3v) is 6.25. The lowest BCUT2D eigenvalue weighted by atomic mass is 9.88. The molecule has 2 aromatic rings. The Bertz CT molecular complexity index is 984. The van der Waals surface area contributed by atoms with Crippen LogP contribution in [0.2, 0.25) is 0 Å². The number of para-hydroxylation sites is 1. The molecule has 6 heteroatoms. The predicted octanol–water partition coefficient (Wildman–Crippen LogP) is 4.44. The van der Waals surface area contributed by atoms with Gasteiger partial charge in [-0.1, -0.05) is 51.1 Å². The molecule has 0 saturated carbocycles. The van der Waals surface area contributed by atoms with Crippen LogP contribution in [0, 0.1) is 19.3 Å². The molecular weight excluding hydrogens is 372 g/mol. The zero-order valence-electron chi connectivity index (χ0n) is 17.1. The van der Waals surface area contributed by atoms with E-state index in [9.17, 15) is 8.42 Å². The number of nitrogens with one attached hydrogen (secondary N) is 1. The molecular formula is C22H28N2O3S. The van der Waals surface area contributed by atoms with E-state index in [-0.39, 0.29) is 17.2 Å². The van der Waals surface area contributed by atoms with Crippen LogP contribution in [-0.2, 0) is 20.5 Å². The molecule has 5 nitrogen and oxygen atoms in total. The van der Waals surface area contributed by atoms with Gasteiger partial charge in [0.2, 0.25) is 15.9 Å². The van der Waals surface area contributed by atoms with Gasteiger partial charge >= 0.3 is 0 Å². The molecule has 150 valence electrons. The number of ether oxygens (including phenoxy) is 1. The number of hydrogen-bond donors (Lipinski definition) is 1. The van der Waals surface area contributed by atoms with Crippen LogP contribution in [0.1, 0.15) is 43.0 Å². The highest BCUT2D eigenvalue weighted by Gasteiger charge is 2.31. The summed E-state index contributed by atoms with van der Waals surface area (Å²) >= 11 is 0. The highest BCUT2D eigenvalue weighted by molar-refractivity contribution is 7.91. The number of rotatable bonds is 5. The maximum atomic E-state index is 12.9. The topological polar surface area (TPSA) is 67.8 Å². The van der Waals surface area contributed by atoms with E-state index in [1.165, 1.54) is 0 Å². The molecule has 28 heavy (non-hydrogen) atoms. The van der Waals surface area contributed by atoms with Gasteiger partial charge in [0.1, 0.15) is 6.61 Å². The lowest BCUT2D eigenvalue weighted by Crippen LogP contribution is -2.25. The molecule has 0 bridgehead atoms. The summed E-state index contributed by atoms with van der Waals surface area (Å²) in [5.41, 5.74) is 3.90. The molecule has 1 N–H and O–H groups in total. The summed E-state index contributed by atoms with van der Waals surface area (Å²) in [7, 11) is -3.59. The first kappa shape index (κ1) is 20.4. The number of aliphatic imine (C=N–C) groups is 1. The van der Waals surface area contributed by atoms with Gasteiger partial charge in [-0.05, 0) is 48.1 Å². The van der Waals surface area contributed by atoms with E-state index in [1.807, 2.05) is 44.2 Å². The summed E-state index contributed by atoms with van der Waals surface area (Å²) in [6, 6.07) is 13.1. The van der Waals surface area contributed by atoms with Crippen LogP contribution in [0.25, 0.3) is 0 Å². The van der Waals surface area contributed by atoms with Crippen molar-refractivity contribution >= 4 is 21.6 Å². The van der Waals surface area contributed by atoms with Crippen molar-refractivity contribution in [2.45, 2.75) is 46.4 Å². The molecule has 1 atom stereocenters. The summed E-state index contributed by atoms with van der Waals surface area (Å²) in [4.78, 5) is 4.69. The molecule has 1 aliphatic rings. The summed E-state index contributed by atoms with van der Waals surface area (Å²) < 4.78 is 34.3. The van der Waals surface area contributed by atoms with Gasteiger partial charge in [0.05, 0.1) is 23.0 Å². The second kappa shape index (κ2) is 7.59.